The second-order valence-corrected chi connectivity index (χ2v) is 33.3. The lowest BCUT2D eigenvalue weighted by molar-refractivity contribution is -0.122. The number of sulfonamides is 4. The smallest absolute Gasteiger partial charge is 0.387 e. The predicted octanol–water partition coefficient (Wildman–Crippen LogP) is 14.4. The number of aryl methyl sites for hydroxylation is 1. The molecule has 4 aliphatic heterocycles. The number of halogens is 3. The van der Waals surface area contributed by atoms with E-state index in [-0.39, 0.29) is 80.3 Å². The zero-order valence-corrected chi connectivity index (χ0v) is 65.9. The number of nitrogens with one attached hydrogen (secondary N) is 5. The third-order valence-corrected chi connectivity index (χ3v) is 25.6. The largest absolute Gasteiger partial charge is 0.464 e. The molecule has 0 fully saturated rings. The van der Waals surface area contributed by atoms with E-state index >= 15 is 0 Å². The van der Waals surface area contributed by atoms with Gasteiger partial charge in [0.25, 0.3) is 63.7 Å². The molecule has 10 aromatic rings. The van der Waals surface area contributed by atoms with E-state index in [0.29, 0.717) is 76.6 Å². The van der Waals surface area contributed by atoms with Gasteiger partial charge in [0.1, 0.15) is 60.1 Å². The topological polar surface area (TPSA) is 348 Å². The third-order valence-electron chi connectivity index (χ3n) is 17.8. The highest BCUT2D eigenvalue weighted by Gasteiger charge is 2.48. The molecule has 0 bridgehead atoms. The Morgan fingerprint density at radius 1 is 0.469 bits per heavy atom. The first-order valence-corrected chi connectivity index (χ1v) is 42.1. The second kappa shape index (κ2) is 36.1. The van der Waals surface area contributed by atoms with Crippen LogP contribution in [-0.4, -0.2) is 132 Å². The lowest BCUT2D eigenvalue weighted by Crippen LogP contribution is -2.33. The Morgan fingerprint density at radius 2 is 0.858 bits per heavy atom. The minimum atomic E-state index is -4.07. The summed E-state index contributed by atoms with van der Waals surface area (Å²) in [5, 5.41) is 23.8. The molecule has 7 aromatic carbocycles. The van der Waals surface area contributed by atoms with E-state index in [0.717, 1.165) is 58.8 Å². The maximum Gasteiger partial charge on any atom is 0.387 e. The van der Waals surface area contributed by atoms with Crippen LogP contribution in [0.1, 0.15) is 107 Å². The van der Waals surface area contributed by atoms with Crippen LogP contribution >= 0.6 is 11.6 Å². The molecule has 0 spiro atoms. The number of unbranched alkanes of at least 4 members (excludes halogenated alkanes) is 4. The fourth-order valence-corrected chi connectivity index (χ4v) is 19.3. The Balaban J connectivity index is 0.000000149. The van der Waals surface area contributed by atoms with Crippen molar-refractivity contribution in [1.82, 2.24) is 42.2 Å². The van der Waals surface area contributed by atoms with Crippen molar-refractivity contribution in [1.29, 1.82) is 0 Å². The van der Waals surface area contributed by atoms with E-state index in [9.17, 15) is 61.6 Å². The van der Waals surface area contributed by atoms with Crippen LogP contribution in [0.2, 0.25) is 5.02 Å². The van der Waals surface area contributed by atoms with Crippen LogP contribution < -0.4 is 26.0 Å². The summed E-state index contributed by atoms with van der Waals surface area (Å²) in [5.74, 6) is -1.87. The number of alkyl halides is 2. The number of anilines is 4. The summed E-state index contributed by atoms with van der Waals surface area (Å²) < 4.78 is 145. The zero-order chi connectivity index (χ0) is 80.8. The second-order valence-electron chi connectivity index (χ2n) is 25.7. The number of rotatable bonds is 27. The van der Waals surface area contributed by atoms with Gasteiger partial charge >= 0.3 is 6.61 Å². The molecule has 27 nitrogen and oxygen atoms in total. The molecule has 4 amide bonds. The van der Waals surface area contributed by atoms with Gasteiger partial charge in [0.15, 0.2) is 5.82 Å². The van der Waals surface area contributed by atoms with Crippen molar-refractivity contribution in [2.24, 2.45) is 0 Å². The van der Waals surface area contributed by atoms with Gasteiger partial charge in [-0.3, -0.25) is 24.3 Å². The van der Waals surface area contributed by atoms with E-state index < -0.39 is 70.3 Å². The van der Waals surface area contributed by atoms with E-state index in [1.165, 1.54) is 54.9 Å². The third kappa shape index (κ3) is 18.2. The van der Waals surface area contributed by atoms with Crippen molar-refractivity contribution in [2.75, 3.05) is 47.4 Å². The number of carbonyl (C=O) groups excluding carboxylic acids is 4. The number of aromatic amines is 1. The number of aromatic nitrogens is 5. The summed E-state index contributed by atoms with van der Waals surface area (Å²) in [4.78, 5) is 55.6. The molecule has 0 atom stereocenters. The molecular formula is C79H80ClF2N13O14S4. The summed E-state index contributed by atoms with van der Waals surface area (Å²) in [5.41, 5.74) is 5.09. The molecule has 4 aliphatic rings. The zero-order valence-electron chi connectivity index (χ0n) is 61.8. The van der Waals surface area contributed by atoms with Gasteiger partial charge in [-0.15, -0.1) is 10.2 Å². The molecule has 14 rings (SSSR count). The van der Waals surface area contributed by atoms with E-state index in [4.69, 9.17) is 16.0 Å². The fourth-order valence-electron chi connectivity index (χ4n) is 12.3. The molecule has 3 aromatic heterocycles. The number of hydrogen-bond acceptors (Lipinski definition) is 21. The van der Waals surface area contributed by atoms with Crippen molar-refractivity contribution in [3.8, 4) is 11.4 Å². The minimum Gasteiger partial charge on any atom is -0.464 e. The first-order chi connectivity index (χ1) is 54.2. The summed E-state index contributed by atoms with van der Waals surface area (Å²) >= 11 is 5.91. The number of H-pyrrole nitrogens is 1. The fraction of sp³-hybridized carbons (Fsp3) is 0.228. The van der Waals surface area contributed by atoms with Gasteiger partial charge in [-0.1, -0.05) is 186 Å². The van der Waals surface area contributed by atoms with Crippen LogP contribution in [0.5, 0.6) is 5.75 Å². The van der Waals surface area contributed by atoms with Crippen molar-refractivity contribution >= 4 is 129 Å². The minimum absolute atomic E-state index is 0.0129. The molecule has 5 N–H and O–H groups in total. The average molecular weight is 1640 g/mol. The van der Waals surface area contributed by atoms with E-state index in [1.54, 1.807) is 114 Å². The number of hydrogen-bond donors (Lipinski definition) is 5. The van der Waals surface area contributed by atoms with Gasteiger partial charge in [-0.05, 0) is 128 Å². The Kier molecular flexibility index (Phi) is 26.3. The maximum atomic E-state index is 13.3. The molecule has 590 valence electrons. The highest BCUT2D eigenvalue weighted by atomic mass is 35.5. The van der Waals surface area contributed by atoms with Gasteiger partial charge in [0.05, 0.1) is 12.0 Å². The molecule has 34 heteroatoms. The van der Waals surface area contributed by atoms with Crippen molar-refractivity contribution in [2.45, 2.75) is 92.6 Å². The molecule has 0 saturated carbocycles. The molecule has 113 heavy (non-hydrogen) atoms. The Labute approximate surface area is 657 Å². The summed E-state index contributed by atoms with van der Waals surface area (Å²) in [6, 6.07) is 56.1. The van der Waals surface area contributed by atoms with Crippen molar-refractivity contribution in [3.05, 3.63) is 269 Å². The number of para-hydroxylation sites is 1. The van der Waals surface area contributed by atoms with Crippen LogP contribution in [0.3, 0.4) is 0 Å². The molecule has 0 unspecified atom stereocenters. The number of benzene rings is 7. The first kappa shape index (κ1) is 82.2. The number of carbonyl (C=O) groups is 4. The maximum absolute atomic E-state index is 13.3. The molecule has 7 heterocycles. The Morgan fingerprint density at radius 3 is 1.27 bits per heavy atom. The van der Waals surface area contributed by atoms with E-state index in [2.05, 4.69) is 46.3 Å². The number of fused-ring (bicyclic) bond motifs is 1. The normalized spacial score (nSPS) is 16.0. The van der Waals surface area contributed by atoms with Gasteiger partial charge in [-0.25, -0.2) is 60.6 Å². The molecule has 0 aliphatic carbocycles. The van der Waals surface area contributed by atoms with Crippen LogP contribution in [0.4, 0.5) is 31.9 Å². The average Bonchev–Trinajstić information content (AvgIpc) is 1.61. The lowest BCUT2D eigenvalue weighted by Gasteiger charge is -2.16. The van der Waals surface area contributed by atoms with Gasteiger partial charge < -0.3 is 30.4 Å². The highest BCUT2D eigenvalue weighted by molar-refractivity contribution is 8.00. The van der Waals surface area contributed by atoms with Crippen LogP contribution in [0, 0.1) is 6.92 Å². The quantitative estimate of drug-likeness (QED) is 0.0319. The Bertz CT molecular complexity index is 5720. The highest BCUT2D eigenvalue weighted by Crippen LogP contribution is 2.42. The van der Waals surface area contributed by atoms with Gasteiger partial charge in [-0.2, -0.15) is 8.78 Å². The van der Waals surface area contributed by atoms with Crippen LogP contribution in [-0.2, 0) is 59.3 Å². The Hall–Kier alpha value is -11.8. The molecule has 0 radical (unpaired) electrons. The van der Waals surface area contributed by atoms with E-state index in [1.807, 2.05) is 83.1 Å². The molecule has 0 saturated heterocycles. The van der Waals surface area contributed by atoms with Gasteiger partial charge in [0.2, 0.25) is 5.95 Å². The summed E-state index contributed by atoms with van der Waals surface area (Å²) in [6.45, 7) is 7.20. The van der Waals surface area contributed by atoms with Crippen molar-refractivity contribution < 1.29 is 70.8 Å². The monoisotopic (exact) mass is 1640 g/mol. The van der Waals surface area contributed by atoms with Crippen LogP contribution in [0.15, 0.2) is 240 Å². The number of furan rings is 1. The first-order valence-electron chi connectivity index (χ1n) is 36.0. The SMILES string of the molecule is CCCCN1C(=O)C(Nc2cc(C)n(-c3ccccc3)n2)=C(c2ccccc2)S1(=O)=O.CCCCN1C(=O)C(Nc2ccc(OC(F)F)cc2)=C(c2ccc(Cl)cc2)S1(=O)=O.CCCCN1C(=O)C(Nc2ccc3occc3c2)=C(c2ccccc2)S1(=O)=O.CCCCN1C(=O)C(Nc2nc[nH]n2)=C(c2ccccc2)S1(=O)=O. The van der Waals surface area contributed by atoms with Crippen LogP contribution in [0.25, 0.3) is 36.3 Å². The summed E-state index contributed by atoms with van der Waals surface area (Å²) in [6.07, 6.45) is 8.32. The number of nitrogens with zero attached hydrogens (tertiary/aromatic N) is 8. The molecular weight excluding hydrogens is 1560 g/mol. The van der Waals surface area contributed by atoms with Gasteiger partial charge in [0, 0.05) is 59.7 Å². The number of amides is 4. The van der Waals surface area contributed by atoms with Crippen molar-refractivity contribution in [3.63, 3.8) is 0 Å². The lowest BCUT2D eigenvalue weighted by atomic mass is 10.1. The number of ether oxygens (including phenoxy) is 1. The summed E-state index contributed by atoms with van der Waals surface area (Å²) in [7, 11) is -15.9. The predicted molar refractivity (Wildman–Crippen MR) is 429 cm³/mol. The standard InChI is InChI=1S/C23H24N4O3S.C21H20N2O4S.C20H19ClF2N2O4S.C15H17N5O3S/c1-3-4-15-26-23(28)21(22(31(26,29)30)18-11-7-5-8-12-18)24-20-16-17(2)27(25-20)19-13-9-6-10-14-19;1-2-3-12-23-21(24)19(20(28(23,25)26)15-7-5-4-6-8-15)22-17-9-10-18-16(14-17)11-13-27-18;1-2-3-12-25-19(26)17(24-15-8-10-16(11-9-15)29-20(22)23)18(30(25,27)28)13-4-6-14(21)7-5-13;1-2-3-9-20-14(21)12(18-15-16-10-17-19-15)13(24(20,22)23)11-7-5-4-6-8-11/h5-14,16H,3-4,15H2,1-2H3,(H,24,25);4-11,13-14,22H,2-3,12H2,1H3;4-11,20,24H,2-3,12H2,1H3;4-8,10H,2-3,9H2,1H3,(H2,16,17,18,19).